The molecule has 0 radical (unpaired) electrons. The van der Waals surface area contributed by atoms with E-state index in [9.17, 15) is 22.8 Å². The molecule has 0 rings (SSSR count). The van der Waals surface area contributed by atoms with Crippen molar-refractivity contribution < 1.29 is 27.9 Å². The van der Waals surface area contributed by atoms with E-state index in [2.05, 4.69) is 5.32 Å². The first-order valence-electron chi connectivity index (χ1n) is 6.07. The summed E-state index contributed by atoms with van der Waals surface area (Å²) in [6.45, 7) is 3.49. The zero-order valence-electron chi connectivity index (χ0n) is 11.1. The smallest absolute Gasteiger partial charge is 0.389 e. The minimum Gasteiger partial charge on any atom is -0.481 e. The Morgan fingerprint density at radius 2 is 1.68 bits per heavy atom. The number of hydrogen-bond acceptors (Lipinski definition) is 2. The van der Waals surface area contributed by atoms with Gasteiger partial charge >= 0.3 is 12.1 Å². The van der Waals surface area contributed by atoms with Crippen molar-refractivity contribution in [3.05, 3.63) is 0 Å². The number of unbranched alkanes of at least 4 members (excludes halogenated alkanes) is 1. The molecule has 1 amide bonds. The van der Waals surface area contributed by atoms with Gasteiger partial charge in [-0.1, -0.05) is 13.8 Å². The van der Waals surface area contributed by atoms with Crippen LogP contribution < -0.4 is 5.32 Å². The Labute approximate surface area is 110 Å². The van der Waals surface area contributed by atoms with Gasteiger partial charge in [-0.05, 0) is 18.3 Å². The number of carbonyl (C=O) groups is 2. The third-order valence-corrected chi connectivity index (χ3v) is 2.48. The van der Waals surface area contributed by atoms with Gasteiger partial charge in [-0.2, -0.15) is 13.2 Å². The molecule has 0 saturated carbocycles. The molecule has 0 aromatic heterocycles. The maximum absolute atomic E-state index is 11.8. The predicted molar refractivity (Wildman–Crippen MR) is 63.6 cm³/mol. The van der Waals surface area contributed by atoms with Crippen molar-refractivity contribution in [3.63, 3.8) is 0 Å². The van der Waals surface area contributed by atoms with Crippen LogP contribution in [0.1, 0.15) is 46.0 Å². The predicted octanol–water partition coefficient (Wildman–Crippen LogP) is 2.73. The Morgan fingerprint density at radius 3 is 2.16 bits per heavy atom. The highest BCUT2D eigenvalue weighted by Gasteiger charge is 2.26. The van der Waals surface area contributed by atoms with Crippen LogP contribution in [0.15, 0.2) is 0 Å². The van der Waals surface area contributed by atoms with Crippen LogP contribution in [0, 0.1) is 5.41 Å². The van der Waals surface area contributed by atoms with Gasteiger partial charge in [0.2, 0.25) is 5.91 Å². The second-order valence-electron chi connectivity index (χ2n) is 5.33. The summed E-state index contributed by atoms with van der Waals surface area (Å²) in [4.78, 5) is 22.0. The van der Waals surface area contributed by atoms with Gasteiger partial charge in [-0.25, -0.2) is 0 Å². The van der Waals surface area contributed by atoms with Gasteiger partial charge in [0.15, 0.2) is 0 Å². The quantitative estimate of drug-likeness (QED) is 0.673. The van der Waals surface area contributed by atoms with Crippen LogP contribution in [0.3, 0.4) is 0 Å². The number of alkyl halides is 3. The van der Waals surface area contributed by atoms with E-state index in [4.69, 9.17) is 5.11 Å². The first-order chi connectivity index (χ1) is 8.52. The molecule has 4 nitrogen and oxygen atoms in total. The molecular weight excluding hydrogens is 263 g/mol. The number of aliphatic carboxylic acids is 1. The average Bonchev–Trinajstić information content (AvgIpc) is 2.11. The summed E-state index contributed by atoms with van der Waals surface area (Å²) in [6.07, 6.45) is -4.87. The Kier molecular flexibility index (Phi) is 6.86. The van der Waals surface area contributed by atoms with Gasteiger partial charge in [-0.3, -0.25) is 9.59 Å². The molecule has 0 heterocycles. The van der Waals surface area contributed by atoms with E-state index in [0.29, 0.717) is 0 Å². The zero-order valence-corrected chi connectivity index (χ0v) is 11.1. The fourth-order valence-corrected chi connectivity index (χ4v) is 1.65. The molecule has 112 valence electrons. The molecule has 0 fully saturated rings. The molecule has 0 atom stereocenters. The van der Waals surface area contributed by atoms with Crippen molar-refractivity contribution in [2.24, 2.45) is 5.41 Å². The minimum atomic E-state index is -4.16. The third-order valence-electron chi connectivity index (χ3n) is 2.48. The van der Waals surface area contributed by atoms with Crippen LogP contribution >= 0.6 is 0 Å². The molecule has 0 bridgehead atoms. The fraction of sp³-hybridized carbons (Fsp3) is 0.833. The van der Waals surface area contributed by atoms with E-state index in [0.717, 1.165) is 0 Å². The van der Waals surface area contributed by atoms with Gasteiger partial charge in [-0.15, -0.1) is 0 Å². The average molecular weight is 283 g/mol. The minimum absolute atomic E-state index is 0.0255. The molecule has 0 aromatic carbocycles. The number of carbonyl (C=O) groups excluding carboxylic acids is 1. The Bertz CT molecular complexity index is 314. The summed E-state index contributed by atoms with van der Waals surface area (Å²) in [7, 11) is 0. The second-order valence-corrected chi connectivity index (χ2v) is 5.33. The number of amides is 1. The molecule has 19 heavy (non-hydrogen) atoms. The van der Waals surface area contributed by atoms with Crippen LogP contribution in [-0.2, 0) is 9.59 Å². The Balaban J connectivity index is 3.79. The lowest BCUT2D eigenvalue weighted by molar-refractivity contribution is -0.139. The van der Waals surface area contributed by atoms with Crippen molar-refractivity contribution in [3.8, 4) is 0 Å². The molecule has 7 heteroatoms. The molecule has 0 spiro atoms. The van der Waals surface area contributed by atoms with Crippen molar-refractivity contribution in [1.29, 1.82) is 0 Å². The molecule has 0 aliphatic heterocycles. The SMILES string of the molecule is CC(C)(CC(=O)O)CC(=O)NCCCCC(F)(F)F. The Morgan fingerprint density at radius 1 is 1.11 bits per heavy atom. The summed E-state index contributed by atoms with van der Waals surface area (Å²) in [5, 5.41) is 11.1. The van der Waals surface area contributed by atoms with Gasteiger partial charge < -0.3 is 10.4 Å². The molecular formula is C12H20F3NO3. The molecule has 2 N–H and O–H groups in total. The maximum atomic E-state index is 11.8. The molecule has 0 aromatic rings. The highest BCUT2D eigenvalue weighted by molar-refractivity contribution is 5.77. The fourth-order valence-electron chi connectivity index (χ4n) is 1.65. The van der Waals surface area contributed by atoms with Gasteiger partial charge in [0.1, 0.15) is 0 Å². The normalized spacial score (nSPS) is 12.3. The summed E-state index contributed by atoms with van der Waals surface area (Å²) in [5.41, 5.74) is -0.665. The summed E-state index contributed by atoms with van der Waals surface area (Å²) >= 11 is 0. The number of halogens is 3. The maximum Gasteiger partial charge on any atom is 0.389 e. The highest BCUT2D eigenvalue weighted by atomic mass is 19.4. The van der Waals surface area contributed by atoms with Crippen molar-refractivity contribution in [1.82, 2.24) is 5.32 Å². The first kappa shape index (κ1) is 17.7. The lowest BCUT2D eigenvalue weighted by atomic mass is 9.85. The van der Waals surface area contributed by atoms with Crippen LogP contribution in [0.4, 0.5) is 13.2 Å². The number of rotatable bonds is 8. The standard InChI is InChI=1S/C12H20F3NO3/c1-11(2,8-10(18)19)7-9(17)16-6-4-3-5-12(13,14)15/h3-8H2,1-2H3,(H,16,17)(H,18,19). The van der Waals surface area contributed by atoms with Crippen molar-refractivity contribution in [2.75, 3.05) is 6.54 Å². The van der Waals surface area contributed by atoms with E-state index >= 15 is 0 Å². The van der Waals surface area contributed by atoms with Gasteiger partial charge in [0.25, 0.3) is 0 Å². The number of nitrogens with one attached hydrogen (secondary N) is 1. The van der Waals surface area contributed by atoms with Crippen LogP contribution in [0.25, 0.3) is 0 Å². The third kappa shape index (κ3) is 11.5. The van der Waals surface area contributed by atoms with E-state index in [1.54, 1.807) is 13.8 Å². The lowest BCUT2D eigenvalue weighted by Gasteiger charge is -2.21. The zero-order chi connectivity index (χ0) is 15.1. The molecule has 0 aliphatic carbocycles. The summed E-state index contributed by atoms with van der Waals surface area (Å²) in [6, 6.07) is 0. The van der Waals surface area contributed by atoms with E-state index in [1.165, 1.54) is 0 Å². The lowest BCUT2D eigenvalue weighted by Crippen LogP contribution is -2.30. The Hall–Kier alpha value is -1.27. The van der Waals surface area contributed by atoms with Crippen molar-refractivity contribution in [2.45, 2.75) is 52.1 Å². The number of carboxylic acids is 1. The molecule has 0 saturated heterocycles. The van der Waals surface area contributed by atoms with Crippen LogP contribution in [0.2, 0.25) is 0 Å². The second kappa shape index (κ2) is 7.35. The van der Waals surface area contributed by atoms with Gasteiger partial charge in [0.05, 0.1) is 6.42 Å². The van der Waals surface area contributed by atoms with Crippen LogP contribution in [-0.4, -0.2) is 29.7 Å². The van der Waals surface area contributed by atoms with E-state index in [-0.39, 0.29) is 38.1 Å². The number of carboxylic acid groups (broad SMARTS) is 1. The number of hydrogen-bond donors (Lipinski definition) is 2. The van der Waals surface area contributed by atoms with E-state index in [1.807, 2.05) is 0 Å². The molecule has 0 unspecified atom stereocenters. The first-order valence-corrected chi connectivity index (χ1v) is 6.07. The highest BCUT2D eigenvalue weighted by Crippen LogP contribution is 2.25. The van der Waals surface area contributed by atoms with E-state index < -0.39 is 24.0 Å². The monoisotopic (exact) mass is 283 g/mol. The van der Waals surface area contributed by atoms with Crippen molar-refractivity contribution >= 4 is 11.9 Å². The summed E-state index contributed by atoms with van der Waals surface area (Å²) < 4.78 is 35.5. The topological polar surface area (TPSA) is 66.4 Å². The largest absolute Gasteiger partial charge is 0.481 e. The van der Waals surface area contributed by atoms with Gasteiger partial charge in [0, 0.05) is 19.4 Å². The summed E-state index contributed by atoms with van der Waals surface area (Å²) in [5.74, 6) is -1.32. The van der Waals surface area contributed by atoms with Crippen LogP contribution in [0.5, 0.6) is 0 Å². The molecule has 0 aliphatic rings.